The summed E-state index contributed by atoms with van der Waals surface area (Å²) in [6.07, 6.45) is 0. The first-order chi connectivity index (χ1) is 6.65. The van der Waals surface area contributed by atoms with Gasteiger partial charge in [-0.1, -0.05) is 0 Å². The number of benzene rings is 1. The molecule has 1 heterocycles. The van der Waals surface area contributed by atoms with E-state index in [4.69, 9.17) is 4.42 Å². The first-order valence-electron chi connectivity index (χ1n) is 4.79. The molecule has 0 saturated heterocycles. The lowest BCUT2D eigenvalue weighted by atomic mass is 10.2. The van der Waals surface area contributed by atoms with Gasteiger partial charge in [-0.05, 0) is 32.0 Å². The molecule has 74 valence electrons. The fourth-order valence-electron chi connectivity index (χ4n) is 1.47. The summed E-state index contributed by atoms with van der Waals surface area (Å²) in [6, 6.07) is 6.39. The molecular formula is C11H14N2O. The zero-order valence-corrected chi connectivity index (χ0v) is 8.66. The Bertz CT molecular complexity index is 445. The average Bonchev–Trinajstić information content (AvgIpc) is 2.42. The lowest BCUT2D eigenvalue weighted by Gasteiger charge is -2.08. The maximum Gasteiger partial charge on any atom is 0.192 e. The predicted molar refractivity (Wildman–Crippen MR) is 57.5 cm³/mol. The summed E-state index contributed by atoms with van der Waals surface area (Å²) < 4.78 is 5.39. The highest BCUT2D eigenvalue weighted by Gasteiger charge is 2.03. The number of nitrogens with zero attached hydrogens (tertiary/aromatic N) is 1. The van der Waals surface area contributed by atoms with E-state index in [1.54, 1.807) is 0 Å². The lowest BCUT2D eigenvalue weighted by molar-refractivity contribution is 0.561. The maximum atomic E-state index is 5.39. The molecule has 1 aromatic heterocycles. The van der Waals surface area contributed by atoms with Crippen molar-refractivity contribution in [2.45, 2.75) is 26.8 Å². The Hall–Kier alpha value is -1.51. The van der Waals surface area contributed by atoms with Crippen LogP contribution >= 0.6 is 0 Å². The molecule has 2 rings (SSSR count). The first-order valence-corrected chi connectivity index (χ1v) is 4.79. The second-order valence-corrected chi connectivity index (χ2v) is 3.71. The summed E-state index contributed by atoms with van der Waals surface area (Å²) in [6.45, 7) is 6.08. The SMILES string of the molecule is Cc1nc2cc(NC(C)C)ccc2o1. The zero-order valence-electron chi connectivity index (χ0n) is 8.66. The second-order valence-electron chi connectivity index (χ2n) is 3.71. The van der Waals surface area contributed by atoms with Gasteiger partial charge in [-0.3, -0.25) is 0 Å². The van der Waals surface area contributed by atoms with Gasteiger partial charge >= 0.3 is 0 Å². The standard InChI is InChI=1S/C11H14N2O/c1-7(2)12-9-4-5-11-10(6-9)13-8(3)14-11/h4-7,12H,1-3H3. The largest absolute Gasteiger partial charge is 0.441 e. The van der Waals surface area contributed by atoms with E-state index in [0.29, 0.717) is 11.9 Å². The summed E-state index contributed by atoms with van der Waals surface area (Å²) in [5.74, 6) is 0.710. The van der Waals surface area contributed by atoms with E-state index in [-0.39, 0.29) is 0 Å². The third kappa shape index (κ3) is 1.71. The van der Waals surface area contributed by atoms with E-state index in [0.717, 1.165) is 16.8 Å². The molecule has 1 aromatic carbocycles. The Kier molecular flexibility index (Phi) is 2.15. The molecular weight excluding hydrogens is 176 g/mol. The number of aryl methyl sites for hydroxylation is 1. The van der Waals surface area contributed by atoms with Crippen LogP contribution in [-0.2, 0) is 0 Å². The Labute approximate surface area is 83.1 Å². The van der Waals surface area contributed by atoms with Crippen molar-refractivity contribution in [1.29, 1.82) is 0 Å². The summed E-state index contributed by atoms with van der Waals surface area (Å²) in [4.78, 5) is 4.27. The third-order valence-corrected chi connectivity index (χ3v) is 1.95. The molecule has 0 aliphatic heterocycles. The van der Waals surface area contributed by atoms with E-state index >= 15 is 0 Å². The summed E-state index contributed by atoms with van der Waals surface area (Å²) in [5.41, 5.74) is 2.84. The van der Waals surface area contributed by atoms with Crippen molar-refractivity contribution in [2.75, 3.05) is 5.32 Å². The molecule has 0 unspecified atom stereocenters. The van der Waals surface area contributed by atoms with Gasteiger partial charge in [0.2, 0.25) is 0 Å². The minimum atomic E-state index is 0.431. The fraction of sp³-hybridized carbons (Fsp3) is 0.364. The quantitative estimate of drug-likeness (QED) is 0.791. The number of anilines is 1. The third-order valence-electron chi connectivity index (χ3n) is 1.95. The van der Waals surface area contributed by atoms with Crippen molar-refractivity contribution in [3.05, 3.63) is 24.1 Å². The molecule has 0 atom stereocenters. The van der Waals surface area contributed by atoms with Crippen LogP contribution in [0.2, 0.25) is 0 Å². The molecule has 0 amide bonds. The maximum absolute atomic E-state index is 5.39. The van der Waals surface area contributed by atoms with Crippen LogP contribution in [0.15, 0.2) is 22.6 Å². The molecule has 3 heteroatoms. The highest BCUT2D eigenvalue weighted by atomic mass is 16.3. The number of hydrogen-bond donors (Lipinski definition) is 1. The summed E-state index contributed by atoms with van der Waals surface area (Å²) in [7, 11) is 0. The molecule has 2 aromatic rings. The van der Waals surface area contributed by atoms with Gasteiger partial charge in [-0.2, -0.15) is 0 Å². The fourth-order valence-corrected chi connectivity index (χ4v) is 1.47. The Morgan fingerprint density at radius 1 is 1.36 bits per heavy atom. The molecule has 14 heavy (non-hydrogen) atoms. The van der Waals surface area contributed by atoms with Crippen LogP contribution in [0.3, 0.4) is 0 Å². The van der Waals surface area contributed by atoms with Crippen LogP contribution in [0, 0.1) is 6.92 Å². The molecule has 0 bridgehead atoms. The van der Waals surface area contributed by atoms with Gasteiger partial charge in [0.1, 0.15) is 5.52 Å². The molecule has 1 N–H and O–H groups in total. The molecule has 0 fully saturated rings. The van der Waals surface area contributed by atoms with Crippen LogP contribution in [0.25, 0.3) is 11.1 Å². The van der Waals surface area contributed by atoms with E-state index < -0.39 is 0 Å². The van der Waals surface area contributed by atoms with Crippen molar-refractivity contribution in [3.63, 3.8) is 0 Å². The van der Waals surface area contributed by atoms with Gasteiger partial charge in [0.05, 0.1) is 0 Å². The molecule has 0 radical (unpaired) electrons. The smallest absolute Gasteiger partial charge is 0.192 e. The Morgan fingerprint density at radius 3 is 2.86 bits per heavy atom. The highest BCUT2D eigenvalue weighted by molar-refractivity contribution is 5.77. The number of oxazole rings is 1. The number of nitrogens with one attached hydrogen (secondary N) is 1. The monoisotopic (exact) mass is 190 g/mol. The van der Waals surface area contributed by atoms with Gasteiger partial charge in [-0.15, -0.1) is 0 Å². The molecule has 0 saturated carbocycles. The van der Waals surface area contributed by atoms with E-state index in [1.165, 1.54) is 0 Å². The van der Waals surface area contributed by atoms with Gasteiger partial charge in [0, 0.05) is 18.7 Å². The Balaban J connectivity index is 2.40. The van der Waals surface area contributed by atoms with E-state index in [2.05, 4.69) is 24.1 Å². The number of fused-ring (bicyclic) bond motifs is 1. The normalized spacial score (nSPS) is 11.1. The summed E-state index contributed by atoms with van der Waals surface area (Å²) >= 11 is 0. The van der Waals surface area contributed by atoms with Gasteiger partial charge in [0.15, 0.2) is 11.5 Å². The Morgan fingerprint density at radius 2 is 2.14 bits per heavy atom. The van der Waals surface area contributed by atoms with Crippen molar-refractivity contribution in [2.24, 2.45) is 0 Å². The number of aromatic nitrogens is 1. The van der Waals surface area contributed by atoms with E-state index in [1.807, 2.05) is 25.1 Å². The molecule has 0 aliphatic carbocycles. The average molecular weight is 190 g/mol. The van der Waals surface area contributed by atoms with Crippen LogP contribution in [0.4, 0.5) is 5.69 Å². The van der Waals surface area contributed by atoms with Crippen molar-refractivity contribution >= 4 is 16.8 Å². The van der Waals surface area contributed by atoms with Crippen molar-refractivity contribution in [1.82, 2.24) is 4.98 Å². The second kappa shape index (κ2) is 3.33. The van der Waals surface area contributed by atoms with Gasteiger partial charge < -0.3 is 9.73 Å². The van der Waals surface area contributed by atoms with Crippen molar-refractivity contribution in [3.8, 4) is 0 Å². The van der Waals surface area contributed by atoms with Crippen LogP contribution in [0.5, 0.6) is 0 Å². The topological polar surface area (TPSA) is 38.1 Å². The van der Waals surface area contributed by atoms with Gasteiger partial charge in [-0.25, -0.2) is 4.98 Å². The lowest BCUT2D eigenvalue weighted by Crippen LogP contribution is -2.09. The minimum Gasteiger partial charge on any atom is -0.441 e. The van der Waals surface area contributed by atoms with E-state index in [9.17, 15) is 0 Å². The predicted octanol–water partition coefficient (Wildman–Crippen LogP) is 2.96. The number of rotatable bonds is 2. The van der Waals surface area contributed by atoms with Crippen molar-refractivity contribution < 1.29 is 4.42 Å². The minimum absolute atomic E-state index is 0.431. The molecule has 3 nitrogen and oxygen atoms in total. The number of hydrogen-bond acceptors (Lipinski definition) is 3. The molecule has 0 aliphatic rings. The van der Waals surface area contributed by atoms with Crippen LogP contribution in [-0.4, -0.2) is 11.0 Å². The van der Waals surface area contributed by atoms with Gasteiger partial charge in [0.25, 0.3) is 0 Å². The first kappa shape index (κ1) is 9.06. The molecule has 0 spiro atoms. The zero-order chi connectivity index (χ0) is 10.1. The van der Waals surface area contributed by atoms with Crippen LogP contribution < -0.4 is 5.32 Å². The highest BCUT2D eigenvalue weighted by Crippen LogP contribution is 2.19. The summed E-state index contributed by atoms with van der Waals surface area (Å²) in [5, 5.41) is 3.32. The van der Waals surface area contributed by atoms with Crippen LogP contribution in [0.1, 0.15) is 19.7 Å².